The standard InChI is InChI=1S/C27H25BrN2O3/c1-18-8-7-9-20(12-18)17-33-26-24(28)14-21(15-25(26)32-3)13-23(16-29)27(31)30-19(2)22-10-5-4-6-11-22/h4-15,19H,17H2,1-3H3,(H,30,31)/b23-13-/t19-/m0/s1. The largest absolute Gasteiger partial charge is 0.493 e. The molecule has 0 aliphatic heterocycles. The molecule has 6 heteroatoms. The van der Waals surface area contributed by atoms with Gasteiger partial charge < -0.3 is 14.8 Å². The molecule has 3 aromatic rings. The fourth-order valence-electron chi connectivity index (χ4n) is 3.34. The summed E-state index contributed by atoms with van der Waals surface area (Å²) in [5, 5.41) is 12.4. The van der Waals surface area contributed by atoms with Crippen LogP contribution in [0.4, 0.5) is 0 Å². The van der Waals surface area contributed by atoms with Crippen molar-refractivity contribution in [2.75, 3.05) is 7.11 Å². The highest BCUT2D eigenvalue weighted by molar-refractivity contribution is 9.10. The van der Waals surface area contributed by atoms with Crippen LogP contribution in [-0.2, 0) is 11.4 Å². The molecule has 0 heterocycles. The van der Waals surface area contributed by atoms with Gasteiger partial charge in [-0.1, -0.05) is 60.2 Å². The third-order valence-electron chi connectivity index (χ3n) is 5.04. The zero-order chi connectivity index (χ0) is 23.8. The molecule has 0 unspecified atom stereocenters. The predicted octanol–water partition coefficient (Wildman–Crippen LogP) is 6.13. The van der Waals surface area contributed by atoms with Crippen LogP contribution in [0.5, 0.6) is 11.5 Å². The Hall–Kier alpha value is -3.56. The van der Waals surface area contributed by atoms with Crippen molar-refractivity contribution in [2.45, 2.75) is 26.5 Å². The van der Waals surface area contributed by atoms with Gasteiger partial charge in [0, 0.05) is 0 Å². The van der Waals surface area contributed by atoms with Gasteiger partial charge in [-0.25, -0.2) is 0 Å². The average Bonchev–Trinajstić information content (AvgIpc) is 2.82. The summed E-state index contributed by atoms with van der Waals surface area (Å²) in [5.41, 5.74) is 3.80. The Kier molecular flexibility index (Phi) is 8.28. The number of benzene rings is 3. The molecule has 0 radical (unpaired) electrons. The van der Waals surface area contributed by atoms with Crippen molar-refractivity contribution in [3.63, 3.8) is 0 Å². The number of rotatable bonds is 8. The molecule has 0 saturated carbocycles. The molecule has 1 amide bonds. The highest BCUT2D eigenvalue weighted by atomic mass is 79.9. The van der Waals surface area contributed by atoms with Crippen LogP contribution in [0.15, 0.2) is 76.8 Å². The molecule has 0 spiro atoms. The molecule has 1 N–H and O–H groups in total. The molecule has 0 aliphatic rings. The van der Waals surface area contributed by atoms with Crippen LogP contribution >= 0.6 is 15.9 Å². The molecule has 3 rings (SSSR count). The Balaban J connectivity index is 1.79. The average molecular weight is 505 g/mol. The minimum Gasteiger partial charge on any atom is -0.493 e. The van der Waals surface area contributed by atoms with Crippen LogP contribution in [-0.4, -0.2) is 13.0 Å². The molecule has 168 valence electrons. The molecular weight excluding hydrogens is 480 g/mol. The van der Waals surface area contributed by atoms with E-state index in [1.807, 2.05) is 68.4 Å². The van der Waals surface area contributed by atoms with E-state index in [9.17, 15) is 10.1 Å². The van der Waals surface area contributed by atoms with Crippen molar-refractivity contribution in [2.24, 2.45) is 0 Å². The number of nitriles is 1. The van der Waals surface area contributed by atoms with E-state index in [0.717, 1.165) is 16.7 Å². The fraction of sp³-hybridized carbons (Fsp3) is 0.185. The third kappa shape index (κ3) is 6.47. The Morgan fingerprint density at radius 1 is 1.15 bits per heavy atom. The molecule has 5 nitrogen and oxygen atoms in total. The summed E-state index contributed by atoms with van der Waals surface area (Å²) in [5.74, 6) is 0.610. The summed E-state index contributed by atoms with van der Waals surface area (Å²) >= 11 is 3.53. The lowest BCUT2D eigenvalue weighted by Gasteiger charge is -2.15. The van der Waals surface area contributed by atoms with E-state index < -0.39 is 5.91 Å². The van der Waals surface area contributed by atoms with Crippen molar-refractivity contribution in [3.8, 4) is 17.6 Å². The molecule has 3 aromatic carbocycles. The number of ether oxygens (including phenoxy) is 2. The maximum Gasteiger partial charge on any atom is 0.262 e. The molecular formula is C27H25BrN2O3. The second-order valence-corrected chi connectivity index (χ2v) is 8.44. The summed E-state index contributed by atoms with van der Waals surface area (Å²) in [7, 11) is 1.55. The van der Waals surface area contributed by atoms with Crippen LogP contribution in [0, 0.1) is 18.3 Å². The topological polar surface area (TPSA) is 71.3 Å². The van der Waals surface area contributed by atoms with Gasteiger partial charge in [0.15, 0.2) is 11.5 Å². The first-order valence-electron chi connectivity index (χ1n) is 10.4. The highest BCUT2D eigenvalue weighted by Gasteiger charge is 2.16. The molecule has 0 saturated heterocycles. The SMILES string of the molecule is COc1cc(/C=C(/C#N)C(=O)N[C@@H](C)c2ccccc2)cc(Br)c1OCc1cccc(C)c1. The lowest BCUT2D eigenvalue weighted by Crippen LogP contribution is -2.27. The zero-order valence-electron chi connectivity index (χ0n) is 18.8. The third-order valence-corrected chi connectivity index (χ3v) is 5.63. The van der Waals surface area contributed by atoms with Gasteiger partial charge in [0.2, 0.25) is 0 Å². The number of amides is 1. The van der Waals surface area contributed by atoms with Gasteiger partial charge in [-0.05, 0) is 64.7 Å². The Labute approximate surface area is 202 Å². The van der Waals surface area contributed by atoms with Crippen LogP contribution < -0.4 is 14.8 Å². The lowest BCUT2D eigenvalue weighted by molar-refractivity contribution is -0.117. The van der Waals surface area contributed by atoms with Gasteiger partial charge in [0.05, 0.1) is 17.6 Å². The normalized spacial score (nSPS) is 11.9. The summed E-state index contributed by atoms with van der Waals surface area (Å²) in [6.45, 7) is 4.29. The van der Waals surface area contributed by atoms with Gasteiger partial charge >= 0.3 is 0 Å². The van der Waals surface area contributed by atoms with Crippen LogP contribution in [0.3, 0.4) is 0 Å². The highest BCUT2D eigenvalue weighted by Crippen LogP contribution is 2.37. The minimum atomic E-state index is -0.441. The summed E-state index contributed by atoms with van der Waals surface area (Å²) in [6.07, 6.45) is 1.53. The number of methoxy groups -OCH3 is 1. The molecule has 0 aliphatic carbocycles. The maximum absolute atomic E-state index is 12.7. The van der Waals surface area contributed by atoms with E-state index in [0.29, 0.717) is 28.1 Å². The molecule has 33 heavy (non-hydrogen) atoms. The Bertz CT molecular complexity index is 1200. The Morgan fingerprint density at radius 3 is 2.58 bits per heavy atom. The van der Waals surface area contributed by atoms with Crippen molar-refractivity contribution in [3.05, 3.63) is 99.0 Å². The van der Waals surface area contributed by atoms with E-state index in [1.54, 1.807) is 19.2 Å². The first kappa shape index (κ1) is 24.1. The van der Waals surface area contributed by atoms with Crippen molar-refractivity contribution in [1.82, 2.24) is 5.32 Å². The van der Waals surface area contributed by atoms with Gasteiger partial charge in [-0.3, -0.25) is 4.79 Å². The van der Waals surface area contributed by atoms with Gasteiger partial charge in [0.1, 0.15) is 18.2 Å². The van der Waals surface area contributed by atoms with Crippen LogP contribution in [0.1, 0.15) is 35.2 Å². The predicted molar refractivity (Wildman–Crippen MR) is 133 cm³/mol. The monoisotopic (exact) mass is 504 g/mol. The van der Waals surface area contributed by atoms with E-state index in [1.165, 1.54) is 6.08 Å². The number of halogens is 1. The van der Waals surface area contributed by atoms with Crippen molar-refractivity contribution >= 4 is 27.9 Å². The number of aryl methyl sites for hydroxylation is 1. The first-order chi connectivity index (χ1) is 15.9. The number of nitrogens with one attached hydrogen (secondary N) is 1. The van der Waals surface area contributed by atoms with E-state index in [4.69, 9.17) is 9.47 Å². The smallest absolute Gasteiger partial charge is 0.262 e. The molecule has 0 aromatic heterocycles. The number of hydrogen-bond donors (Lipinski definition) is 1. The maximum atomic E-state index is 12.7. The zero-order valence-corrected chi connectivity index (χ0v) is 20.3. The van der Waals surface area contributed by atoms with Gasteiger partial charge in [-0.15, -0.1) is 0 Å². The fourth-order valence-corrected chi connectivity index (χ4v) is 3.91. The number of nitrogens with zero attached hydrogens (tertiary/aromatic N) is 1. The summed E-state index contributed by atoms with van der Waals surface area (Å²) in [4.78, 5) is 12.7. The lowest BCUT2D eigenvalue weighted by atomic mass is 10.1. The second kappa shape index (κ2) is 11.3. The molecule has 1 atom stereocenters. The number of carbonyl (C=O) groups is 1. The van der Waals surface area contributed by atoms with E-state index in [2.05, 4.69) is 27.3 Å². The minimum absolute atomic E-state index is 0.000151. The van der Waals surface area contributed by atoms with Crippen LogP contribution in [0.2, 0.25) is 0 Å². The van der Waals surface area contributed by atoms with Crippen molar-refractivity contribution in [1.29, 1.82) is 5.26 Å². The Morgan fingerprint density at radius 2 is 1.91 bits per heavy atom. The number of carbonyl (C=O) groups excluding carboxylic acids is 1. The molecule has 0 fully saturated rings. The van der Waals surface area contributed by atoms with Crippen LogP contribution in [0.25, 0.3) is 6.08 Å². The van der Waals surface area contributed by atoms with E-state index in [-0.39, 0.29) is 11.6 Å². The van der Waals surface area contributed by atoms with Gasteiger partial charge in [0.25, 0.3) is 5.91 Å². The van der Waals surface area contributed by atoms with Gasteiger partial charge in [-0.2, -0.15) is 5.26 Å². The summed E-state index contributed by atoms with van der Waals surface area (Å²) in [6, 6.07) is 23.0. The van der Waals surface area contributed by atoms with Crippen molar-refractivity contribution < 1.29 is 14.3 Å². The molecule has 0 bridgehead atoms. The second-order valence-electron chi connectivity index (χ2n) is 7.59. The van der Waals surface area contributed by atoms with E-state index >= 15 is 0 Å². The summed E-state index contributed by atoms with van der Waals surface area (Å²) < 4.78 is 12.2. The first-order valence-corrected chi connectivity index (χ1v) is 11.2. The quantitative estimate of drug-likeness (QED) is 0.295. The number of hydrogen-bond acceptors (Lipinski definition) is 4.